The van der Waals surface area contributed by atoms with Crippen LogP contribution in [-0.2, 0) is 5.41 Å². The van der Waals surface area contributed by atoms with E-state index < -0.39 is 5.97 Å². The van der Waals surface area contributed by atoms with E-state index in [4.69, 9.17) is 0 Å². The van der Waals surface area contributed by atoms with E-state index in [2.05, 4.69) is 30.3 Å². The summed E-state index contributed by atoms with van der Waals surface area (Å²) in [7, 11) is 0. The Morgan fingerprint density at radius 1 is 1.38 bits per heavy atom. The van der Waals surface area contributed by atoms with Gasteiger partial charge in [-0.25, -0.2) is 9.78 Å². The molecule has 21 heavy (non-hydrogen) atoms. The van der Waals surface area contributed by atoms with Gasteiger partial charge < -0.3 is 14.8 Å². The molecular weight excluding hydrogens is 268 g/mol. The second-order valence-electron chi connectivity index (χ2n) is 6.40. The third-order valence-corrected chi connectivity index (χ3v) is 3.61. The summed E-state index contributed by atoms with van der Waals surface area (Å²) >= 11 is 0. The maximum Gasteiger partial charge on any atom is 0.337 e. The van der Waals surface area contributed by atoms with Gasteiger partial charge in [0.05, 0.1) is 11.1 Å². The lowest BCUT2D eigenvalue weighted by Crippen LogP contribution is -2.21. The van der Waals surface area contributed by atoms with E-state index in [0.717, 1.165) is 11.3 Å². The molecule has 0 amide bonds. The first-order valence-electron chi connectivity index (χ1n) is 7.13. The number of nitrogens with zero attached hydrogens (tertiary/aromatic N) is 2. The number of aliphatic hydroxyl groups is 1. The first-order valence-corrected chi connectivity index (χ1v) is 7.13. The first kappa shape index (κ1) is 15.5. The van der Waals surface area contributed by atoms with Gasteiger partial charge in [-0.05, 0) is 25.5 Å². The van der Waals surface area contributed by atoms with Crippen LogP contribution in [0.15, 0.2) is 18.2 Å². The van der Waals surface area contributed by atoms with Crippen molar-refractivity contribution in [3.63, 3.8) is 0 Å². The predicted molar refractivity (Wildman–Crippen MR) is 81.8 cm³/mol. The molecular formula is C16H22N2O3. The molecule has 0 bridgehead atoms. The molecule has 1 aromatic carbocycles. The van der Waals surface area contributed by atoms with Gasteiger partial charge in [-0.2, -0.15) is 0 Å². The van der Waals surface area contributed by atoms with Crippen molar-refractivity contribution in [3.05, 3.63) is 29.6 Å². The van der Waals surface area contributed by atoms with Crippen molar-refractivity contribution in [2.45, 2.75) is 45.6 Å². The fourth-order valence-corrected chi connectivity index (χ4v) is 2.58. The van der Waals surface area contributed by atoms with Gasteiger partial charge in [-0.15, -0.1) is 0 Å². The highest BCUT2D eigenvalue weighted by molar-refractivity contribution is 6.01. The van der Waals surface area contributed by atoms with Crippen LogP contribution in [0.3, 0.4) is 0 Å². The third-order valence-electron chi connectivity index (χ3n) is 3.61. The first-order chi connectivity index (χ1) is 9.77. The van der Waals surface area contributed by atoms with Crippen molar-refractivity contribution in [3.8, 4) is 0 Å². The minimum atomic E-state index is -0.972. The lowest BCUT2D eigenvalue weighted by atomic mass is 9.95. The van der Waals surface area contributed by atoms with Crippen LogP contribution in [0.2, 0.25) is 0 Å². The van der Waals surface area contributed by atoms with Crippen molar-refractivity contribution in [2.75, 3.05) is 6.61 Å². The van der Waals surface area contributed by atoms with E-state index in [1.165, 1.54) is 0 Å². The molecule has 1 atom stereocenters. The molecule has 2 aromatic rings. The molecule has 2 rings (SSSR count). The number of carboxylic acid groups (broad SMARTS) is 1. The molecule has 0 spiro atoms. The van der Waals surface area contributed by atoms with Gasteiger partial charge >= 0.3 is 5.97 Å². The highest BCUT2D eigenvalue weighted by Gasteiger charge is 2.27. The van der Waals surface area contributed by atoms with Gasteiger partial charge in [0.1, 0.15) is 11.3 Å². The fraction of sp³-hybridized carbons (Fsp3) is 0.500. The summed E-state index contributed by atoms with van der Waals surface area (Å²) in [4.78, 5) is 16.0. The molecule has 1 aromatic heterocycles. The van der Waals surface area contributed by atoms with E-state index in [0.29, 0.717) is 11.9 Å². The van der Waals surface area contributed by atoms with Crippen molar-refractivity contribution in [1.82, 2.24) is 9.55 Å². The summed E-state index contributed by atoms with van der Waals surface area (Å²) in [6, 6.07) is 5.25. The molecule has 0 aliphatic carbocycles. The molecule has 5 nitrogen and oxygen atoms in total. The topological polar surface area (TPSA) is 75.3 Å². The Labute approximate surface area is 124 Å². The Bertz CT molecular complexity index is 668. The minimum Gasteiger partial charge on any atom is -0.478 e. The van der Waals surface area contributed by atoms with Gasteiger partial charge in [-0.3, -0.25) is 0 Å². The molecule has 0 radical (unpaired) electrons. The number of benzene rings is 1. The Hall–Kier alpha value is -1.88. The molecule has 2 N–H and O–H groups in total. The molecule has 0 saturated heterocycles. The third kappa shape index (κ3) is 2.78. The van der Waals surface area contributed by atoms with Gasteiger partial charge in [0.2, 0.25) is 0 Å². The fourth-order valence-electron chi connectivity index (χ4n) is 2.58. The van der Waals surface area contributed by atoms with Gasteiger partial charge in [-0.1, -0.05) is 26.8 Å². The zero-order valence-electron chi connectivity index (χ0n) is 12.9. The zero-order chi connectivity index (χ0) is 15.8. The summed E-state index contributed by atoms with van der Waals surface area (Å²) in [5, 5.41) is 18.6. The van der Waals surface area contributed by atoms with Crippen molar-refractivity contribution in [1.29, 1.82) is 0 Å². The molecule has 0 fully saturated rings. The van der Waals surface area contributed by atoms with Crippen LogP contribution in [-0.4, -0.2) is 32.3 Å². The molecule has 0 aliphatic rings. The normalized spacial score (nSPS) is 13.6. The van der Waals surface area contributed by atoms with E-state index >= 15 is 0 Å². The van der Waals surface area contributed by atoms with E-state index in [1.54, 1.807) is 12.1 Å². The average molecular weight is 290 g/mol. The Balaban J connectivity index is 2.79. The second-order valence-corrected chi connectivity index (χ2v) is 6.40. The SMILES string of the molecule is CC(CCO)n1c(C(C)(C)C)nc2c(C(=O)O)cccc21. The number of aromatic carboxylic acids is 1. The van der Waals surface area contributed by atoms with Crippen molar-refractivity contribution in [2.24, 2.45) is 0 Å². The number of aromatic nitrogens is 2. The number of fused-ring (bicyclic) bond motifs is 1. The maximum atomic E-state index is 11.4. The van der Waals surface area contributed by atoms with Gasteiger partial charge in [0.15, 0.2) is 0 Å². The number of hydrogen-bond acceptors (Lipinski definition) is 3. The van der Waals surface area contributed by atoms with Crippen LogP contribution in [0, 0.1) is 0 Å². The number of imidazole rings is 1. The maximum absolute atomic E-state index is 11.4. The number of carbonyl (C=O) groups is 1. The number of hydrogen-bond donors (Lipinski definition) is 2. The lowest BCUT2D eigenvalue weighted by molar-refractivity contribution is 0.0699. The van der Waals surface area contributed by atoms with Crippen LogP contribution in [0.5, 0.6) is 0 Å². The van der Waals surface area contributed by atoms with Gasteiger partial charge in [0.25, 0.3) is 0 Å². The number of carboxylic acids is 1. The quantitative estimate of drug-likeness (QED) is 0.907. The average Bonchev–Trinajstić information content (AvgIpc) is 2.77. The molecule has 0 aliphatic heterocycles. The van der Waals surface area contributed by atoms with E-state index in [-0.39, 0.29) is 23.6 Å². The summed E-state index contributed by atoms with van der Waals surface area (Å²) in [5.74, 6) is -0.132. The zero-order valence-corrected chi connectivity index (χ0v) is 12.9. The van der Waals surface area contributed by atoms with Gasteiger partial charge in [0, 0.05) is 18.1 Å². The molecule has 5 heteroatoms. The number of para-hydroxylation sites is 1. The number of aliphatic hydroxyl groups excluding tert-OH is 1. The van der Waals surface area contributed by atoms with Crippen LogP contribution >= 0.6 is 0 Å². The second kappa shape index (κ2) is 5.48. The number of rotatable bonds is 4. The highest BCUT2D eigenvalue weighted by Crippen LogP contribution is 2.31. The minimum absolute atomic E-state index is 0.0540. The monoisotopic (exact) mass is 290 g/mol. The van der Waals surface area contributed by atoms with Crippen LogP contribution in [0.4, 0.5) is 0 Å². The smallest absolute Gasteiger partial charge is 0.337 e. The van der Waals surface area contributed by atoms with E-state index in [9.17, 15) is 15.0 Å². The summed E-state index contributed by atoms with van der Waals surface area (Å²) in [5.41, 5.74) is 1.33. The summed E-state index contributed by atoms with van der Waals surface area (Å²) in [6.07, 6.45) is 0.603. The highest BCUT2D eigenvalue weighted by atomic mass is 16.4. The standard InChI is InChI=1S/C16H22N2O3/c1-10(8-9-19)18-12-7-5-6-11(14(20)21)13(12)17-15(18)16(2,3)4/h5-7,10,19H,8-9H2,1-4H3,(H,20,21). The molecule has 0 saturated carbocycles. The van der Waals surface area contributed by atoms with Crippen LogP contribution < -0.4 is 0 Å². The van der Waals surface area contributed by atoms with Crippen LogP contribution in [0.1, 0.15) is 56.3 Å². The summed E-state index contributed by atoms with van der Waals surface area (Å²) < 4.78 is 2.05. The molecule has 1 unspecified atom stereocenters. The van der Waals surface area contributed by atoms with E-state index in [1.807, 2.05) is 13.0 Å². The van der Waals surface area contributed by atoms with Crippen molar-refractivity contribution < 1.29 is 15.0 Å². The molecule has 1 heterocycles. The van der Waals surface area contributed by atoms with Crippen molar-refractivity contribution >= 4 is 17.0 Å². The largest absolute Gasteiger partial charge is 0.478 e. The summed E-state index contributed by atoms with van der Waals surface area (Å²) in [6.45, 7) is 8.26. The Morgan fingerprint density at radius 3 is 2.57 bits per heavy atom. The molecule has 114 valence electrons. The Morgan fingerprint density at radius 2 is 2.05 bits per heavy atom. The Kier molecular flexibility index (Phi) is 4.05. The predicted octanol–water partition coefficient (Wildman–Crippen LogP) is 2.98. The van der Waals surface area contributed by atoms with Crippen LogP contribution in [0.25, 0.3) is 11.0 Å². The lowest BCUT2D eigenvalue weighted by Gasteiger charge is -2.24.